The molecule has 0 aliphatic carbocycles. The standard InChI is InChI=1S/C13H17N3O2S/c1-3-5-11-12(13(17)18)14-15-16(11)8-10-7-6-9(4-2)19-10/h6-7H,3-5,8H2,1-2H3,(H,17,18). The fourth-order valence-electron chi connectivity index (χ4n) is 1.96. The van der Waals surface area contributed by atoms with Gasteiger partial charge < -0.3 is 5.11 Å². The lowest BCUT2D eigenvalue weighted by Gasteiger charge is -2.04. The first kappa shape index (κ1) is 13.7. The van der Waals surface area contributed by atoms with Crippen LogP contribution in [0.15, 0.2) is 12.1 Å². The Hall–Kier alpha value is -1.69. The smallest absolute Gasteiger partial charge is 0.358 e. The van der Waals surface area contributed by atoms with Crippen LogP contribution < -0.4 is 0 Å². The largest absolute Gasteiger partial charge is 0.476 e. The van der Waals surface area contributed by atoms with Gasteiger partial charge in [-0.15, -0.1) is 16.4 Å². The molecule has 0 unspecified atom stereocenters. The summed E-state index contributed by atoms with van der Waals surface area (Å²) >= 11 is 1.74. The number of hydrogen-bond donors (Lipinski definition) is 1. The number of thiophene rings is 1. The average molecular weight is 279 g/mol. The van der Waals surface area contributed by atoms with Crippen LogP contribution in [0, 0.1) is 0 Å². The van der Waals surface area contributed by atoms with Crippen molar-refractivity contribution in [2.75, 3.05) is 0 Å². The van der Waals surface area contributed by atoms with Crippen molar-refractivity contribution in [1.29, 1.82) is 0 Å². The molecule has 6 heteroatoms. The molecule has 0 spiro atoms. The fourth-order valence-corrected chi connectivity index (χ4v) is 2.90. The minimum absolute atomic E-state index is 0.0779. The molecule has 19 heavy (non-hydrogen) atoms. The van der Waals surface area contributed by atoms with Crippen molar-refractivity contribution in [2.24, 2.45) is 0 Å². The number of rotatable bonds is 6. The van der Waals surface area contributed by atoms with Crippen LogP contribution in [-0.2, 0) is 19.4 Å². The number of aromatic carboxylic acids is 1. The lowest BCUT2D eigenvalue weighted by Crippen LogP contribution is -2.08. The molecule has 0 atom stereocenters. The summed E-state index contributed by atoms with van der Waals surface area (Å²) in [5.41, 5.74) is 0.788. The summed E-state index contributed by atoms with van der Waals surface area (Å²) < 4.78 is 1.71. The summed E-state index contributed by atoms with van der Waals surface area (Å²) in [5, 5.41) is 16.9. The van der Waals surface area contributed by atoms with Gasteiger partial charge in [0.2, 0.25) is 0 Å². The van der Waals surface area contributed by atoms with E-state index in [0.717, 1.165) is 12.8 Å². The van der Waals surface area contributed by atoms with Crippen LogP contribution in [0.4, 0.5) is 0 Å². The lowest BCUT2D eigenvalue weighted by molar-refractivity contribution is 0.0689. The minimum atomic E-state index is -1.00. The van der Waals surface area contributed by atoms with E-state index in [2.05, 4.69) is 29.4 Å². The molecule has 1 N–H and O–H groups in total. The van der Waals surface area contributed by atoms with Crippen molar-refractivity contribution >= 4 is 17.3 Å². The molecular formula is C13H17N3O2S. The van der Waals surface area contributed by atoms with Gasteiger partial charge in [-0.1, -0.05) is 25.5 Å². The molecule has 0 saturated carbocycles. The Bertz CT molecular complexity index is 574. The highest BCUT2D eigenvalue weighted by Gasteiger charge is 2.18. The maximum atomic E-state index is 11.1. The van der Waals surface area contributed by atoms with Gasteiger partial charge in [-0.25, -0.2) is 9.48 Å². The molecule has 0 aliphatic rings. The summed E-state index contributed by atoms with van der Waals surface area (Å²) in [7, 11) is 0. The molecule has 2 aromatic rings. The Kier molecular flexibility index (Phi) is 4.31. The zero-order valence-electron chi connectivity index (χ0n) is 11.1. The van der Waals surface area contributed by atoms with E-state index in [4.69, 9.17) is 5.11 Å². The highest BCUT2D eigenvalue weighted by molar-refractivity contribution is 7.11. The zero-order chi connectivity index (χ0) is 13.8. The van der Waals surface area contributed by atoms with E-state index in [9.17, 15) is 4.79 Å². The normalized spacial score (nSPS) is 10.8. The predicted molar refractivity (Wildman–Crippen MR) is 73.8 cm³/mol. The highest BCUT2D eigenvalue weighted by Crippen LogP contribution is 2.19. The first-order valence-corrected chi connectivity index (χ1v) is 7.20. The Balaban J connectivity index is 2.26. The van der Waals surface area contributed by atoms with Gasteiger partial charge in [0.15, 0.2) is 5.69 Å². The lowest BCUT2D eigenvalue weighted by atomic mass is 10.2. The van der Waals surface area contributed by atoms with Crippen LogP contribution in [0.1, 0.15) is 46.2 Å². The molecule has 0 aliphatic heterocycles. The topological polar surface area (TPSA) is 68.0 Å². The van der Waals surface area contributed by atoms with Crippen LogP contribution in [0.5, 0.6) is 0 Å². The van der Waals surface area contributed by atoms with E-state index in [-0.39, 0.29) is 5.69 Å². The first-order valence-electron chi connectivity index (χ1n) is 6.38. The van der Waals surface area contributed by atoms with E-state index in [1.807, 2.05) is 6.92 Å². The monoisotopic (exact) mass is 279 g/mol. The predicted octanol–water partition coefficient (Wildman–Crippen LogP) is 2.60. The molecule has 0 saturated heterocycles. The van der Waals surface area contributed by atoms with E-state index in [0.29, 0.717) is 18.7 Å². The van der Waals surface area contributed by atoms with Crippen molar-refractivity contribution < 1.29 is 9.90 Å². The van der Waals surface area contributed by atoms with Crippen molar-refractivity contribution in [3.63, 3.8) is 0 Å². The van der Waals surface area contributed by atoms with E-state index in [1.165, 1.54) is 9.75 Å². The van der Waals surface area contributed by atoms with E-state index >= 15 is 0 Å². The first-order chi connectivity index (χ1) is 9.15. The quantitative estimate of drug-likeness (QED) is 0.882. The number of carboxylic acids is 1. The third-order valence-corrected chi connectivity index (χ3v) is 4.11. The van der Waals surface area contributed by atoms with Crippen LogP contribution in [0.3, 0.4) is 0 Å². The number of nitrogens with zero attached hydrogens (tertiary/aromatic N) is 3. The summed E-state index contributed by atoms with van der Waals surface area (Å²) in [6.45, 7) is 4.74. The van der Waals surface area contributed by atoms with Crippen molar-refractivity contribution in [3.05, 3.63) is 33.3 Å². The number of aryl methyl sites for hydroxylation is 1. The molecule has 0 radical (unpaired) electrons. The maximum Gasteiger partial charge on any atom is 0.358 e. The molecule has 5 nitrogen and oxygen atoms in total. The summed E-state index contributed by atoms with van der Waals surface area (Å²) in [4.78, 5) is 13.6. The summed E-state index contributed by atoms with van der Waals surface area (Å²) in [6.07, 6.45) is 2.57. The fraction of sp³-hybridized carbons (Fsp3) is 0.462. The molecule has 0 fully saturated rings. The number of hydrogen-bond acceptors (Lipinski definition) is 4. The molecule has 0 aromatic carbocycles. The van der Waals surface area contributed by atoms with E-state index < -0.39 is 5.97 Å². The van der Waals surface area contributed by atoms with Gasteiger partial charge in [0.1, 0.15) is 0 Å². The van der Waals surface area contributed by atoms with Crippen LogP contribution in [0.2, 0.25) is 0 Å². The maximum absolute atomic E-state index is 11.1. The number of carbonyl (C=O) groups is 1. The molecule has 102 valence electrons. The van der Waals surface area contributed by atoms with Gasteiger partial charge in [-0.05, 0) is 25.0 Å². The Labute approximate surface area is 115 Å². The van der Waals surface area contributed by atoms with Gasteiger partial charge in [-0.3, -0.25) is 0 Å². The van der Waals surface area contributed by atoms with E-state index in [1.54, 1.807) is 16.0 Å². The van der Waals surface area contributed by atoms with Crippen LogP contribution in [0.25, 0.3) is 0 Å². The van der Waals surface area contributed by atoms with Crippen molar-refractivity contribution in [3.8, 4) is 0 Å². The summed E-state index contributed by atoms with van der Waals surface area (Å²) in [5.74, 6) is -1.00. The second-order valence-electron chi connectivity index (χ2n) is 4.32. The minimum Gasteiger partial charge on any atom is -0.476 e. The molecule has 0 amide bonds. The Morgan fingerprint density at radius 1 is 1.37 bits per heavy atom. The zero-order valence-corrected chi connectivity index (χ0v) is 11.9. The second kappa shape index (κ2) is 5.97. The third kappa shape index (κ3) is 3.01. The van der Waals surface area contributed by atoms with Gasteiger partial charge >= 0.3 is 5.97 Å². The molecule has 0 bridgehead atoms. The molecule has 2 aromatic heterocycles. The second-order valence-corrected chi connectivity index (χ2v) is 5.57. The van der Waals surface area contributed by atoms with Crippen LogP contribution >= 0.6 is 11.3 Å². The molecular weight excluding hydrogens is 262 g/mol. The van der Waals surface area contributed by atoms with Crippen molar-refractivity contribution in [1.82, 2.24) is 15.0 Å². The third-order valence-electron chi connectivity index (χ3n) is 2.90. The number of aromatic nitrogens is 3. The average Bonchev–Trinajstić information content (AvgIpc) is 2.98. The van der Waals surface area contributed by atoms with Gasteiger partial charge in [-0.2, -0.15) is 0 Å². The summed E-state index contributed by atoms with van der Waals surface area (Å²) in [6, 6.07) is 4.18. The van der Waals surface area contributed by atoms with Gasteiger partial charge in [0.25, 0.3) is 0 Å². The SMILES string of the molecule is CCCc1c(C(=O)O)nnn1Cc1ccc(CC)s1. The number of carboxylic acid groups (broad SMARTS) is 1. The van der Waals surface area contributed by atoms with Crippen LogP contribution in [-0.4, -0.2) is 26.1 Å². The Morgan fingerprint density at radius 3 is 2.68 bits per heavy atom. The molecule has 2 heterocycles. The Morgan fingerprint density at radius 2 is 2.11 bits per heavy atom. The van der Waals surface area contributed by atoms with Gasteiger partial charge in [0.05, 0.1) is 12.2 Å². The molecule has 2 rings (SSSR count). The highest BCUT2D eigenvalue weighted by atomic mass is 32.1. The van der Waals surface area contributed by atoms with Crippen molar-refractivity contribution in [2.45, 2.75) is 39.7 Å². The van der Waals surface area contributed by atoms with Gasteiger partial charge in [0, 0.05) is 9.75 Å².